The van der Waals surface area contributed by atoms with Crippen LogP contribution < -0.4 is 4.90 Å². The number of hydrogen-bond acceptors (Lipinski definition) is 3. The molecule has 0 spiro atoms. The second-order valence-corrected chi connectivity index (χ2v) is 4.62. The molecular formula is C12H15F2NO3. The summed E-state index contributed by atoms with van der Waals surface area (Å²) in [5.41, 5.74) is -1.69. The van der Waals surface area contributed by atoms with Crippen molar-refractivity contribution >= 4 is 11.7 Å². The van der Waals surface area contributed by atoms with Gasteiger partial charge in [-0.05, 0) is 26.0 Å². The van der Waals surface area contributed by atoms with Crippen LogP contribution in [-0.2, 0) is 0 Å². The Morgan fingerprint density at radius 1 is 1.33 bits per heavy atom. The van der Waals surface area contributed by atoms with E-state index < -0.39 is 28.7 Å². The van der Waals surface area contributed by atoms with Crippen molar-refractivity contribution in [3.05, 3.63) is 29.3 Å². The third kappa shape index (κ3) is 2.59. The van der Waals surface area contributed by atoms with Crippen LogP contribution in [0.25, 0.3) is 0 Å². The summed E-state index contributed by atoms with van der Waals surface area (Å²) in [7, 11) is 1.43. The Balaban J connectivity index is 3.31. The maximum absolute atomic E-state index is 13.8. The average molecular weight is 259 g/mol. The van der Waals surface area contributed by atoms with Crippen molar-refractivity contribution in [3.8, 4) is 0 Å². The number of carbonyl (C=O) groups is 1. The van der Waals surface area contributed by atoms with Gasteiger partial charge in [0.2, 0.25) is 0 Å². The van der Waals surface area contributed by atoms with Gasteiger partial charge in [-0.1, -0.05) is 0 Å². The number of benzene rings is 1. The van der Waals surface area contributed by atoms with E-state index in [2.05, 4.69) is 0 Å². The second-order valence-electron chi connectivity index (χ2n) is 4.62. The summed E-state index contributed by atoms with van der Waals surface area (Å²) >= 11 is 0. The number of rotatable bonds is 4. The number of anilines is 1. The molecular weight excluding hydrogens is 244 g/mol. The first-order valence-electron chi connectivity index (χ1n) is 5.27. The number of hydrogen-bond donors (Lipinski definition) is 2. The van der Waals surface area contributed by atoms with E-state index in [0.717, 1.165) is 12.1 Å². The van der Waals surface area contributed by atoms with E-state index >= 15 is 0 Å². The molecule has 0 fully saturated rings. The molecule has 0 amide bonds. The minimum Gasteiger partial charge on any atom is -0.478 e. The lowest BCUT2D eigenvalue weighted by molar-refractivity contribution is 0.0695. The van der Waals surface area contributed by atoms with Gasteiger partial charge in [-0.15, -0.1) is 0 Å². The maximum atomic E-state index is 13.8. The Hall–Kier alpha value is -1.69. The number of carboxylic acids is 1. The van der Waals surface area contributed by atoms with Gasteiger partial charge < -0.3 is 15.1 Å². The zero-order valence-corrected chi connectivity index (χ0v) is 10.4. The lowest BCUT2D eigenvalue weighted by Crippen LogP contribution is -2.45. The van der Waals surface area contributed by atoms with E-state index in [4.69, 9.17) is 10.2 Å². The van der Waals surface area contributed by atoms with Crippen molar-refractivity contribution in [2.24, 2.45) is 0 Å². The summed E-state index contributed by atoms with van der Waals surface area (Å²) in [6.45, 7) is 2.91. The van der Waals surface area contributed by atoms with Crippen molar-refractivity contribution in [1.29, 1.82) is 0 Å². The van der Waals surface area contributed by atoms with Crippen LogP contribution >= 0.6 is 0 Å². The monoisotopic (exact) mass is 259 g/mol. The highest BCUT2D eigenvalue weighted by molar-refractivity contribution is 5.88. The molecule has 0 aliphatic rings. The molecule has 0 aliphatic carbocycles. The van der Waals surface area contributed by atoms with E-state index in [-0.39, 0.29) is 12.3 Å². The van der Waals surface area contributed by atoms with E-state index in [1.54, 1.807) is 13.8 Å². The number of carboxylic acid groups (broad SMARTS) is 1. The molecule has 1 aromatic carbocycles. The molecule has 0 radical (unpaired) electrons. The Morgan fingerprint density at radius 2 is 1.78 bits per heavy atom. The van der Waals surface area contributed by atoms with Crippen LogP contribution in [0, 0.1) is 11.6 Å². The van der Waals surface area contributed by atoms with Gasteiger partial charge in [-0.2, -0.15) is 0 Å². The molecule has 0 unspecified atom stereocenters. The Kier molecular flexibility index (Phi) is 3.91. The molecule has 100 valence electrons. The first-order chi connectivity index (χ1) is 8.20. The van der Waals surface area contributed by atoms with Crippen molar-refractivity contribution in [2.75, 3.05) is 18.6 Å². The van der Waals surface area contributed by atoms with Crippen molar-refractivity contribution in [2.45, 2.75) is 19.4 Å². The summed E-state index contributed by atoms with van der Waals surface area (Å²) in [5, 5.41) is 17.9. The molecule has 0 aromatic heterocycles. The lowest BCUT2D eigenvalue weighted by Gasteiger charge is -2.36. The van der Waals surface area contributed by atoms with Gasteiger partial charge in [0.15, 0.2) is 0 Å². The predicted octanol–water partition coefficient (Wildman–Crippen LogP) is 1.87. The first-order valence-corrected chi connectivity index (χ1v) is 5.27. The van der Waals surface area contributed by atoms with Gasteiger partial charge in [-0.3, -0.25) is 0 Å². The average Bonchev–Trinajstić information content (AvgIpc) is 2.27. The van der Waals surface area contributed by atoms with Crippen molar-refractivity contribution < 1.29 is 23.8 Å². The first kappa shape index (κ1) is 14.4. The smallest absolute Gasteiger partial charge is 0.335 e. The van der Waals surface area contributed by atoms with Gasteiger partial charge in [-0.25, -0.2) is 13.6 Å². The normalized spacial score (nSPS) is 11.4. The van der Waals surface area contributed by atoms with E-state index in [9.17, 15) is 13.6 Å². The van der Waals surface area contributed by atoms with Crippen LogP contribution in [0.1, 0.15) is 24.2 Å². The molecule has 4 nitrogen and oxygen atoms in total. The minimum absolute atomic E-state index is 0.303. The molecule has 6 heteroatoms. The summed E-state index contributed by atoms with van der Waals surface area (Å²) in [6, 6.07) is 1.51. The fourth-order valence-corrected chi connectivity index (χ4v) is 1.42. The quantitative estimate of drug-likeness (QED) is 0.866. The molecule has 18 heavy (non-hydrogen) atoms. The number of halogens is 2. The standard InChI is InChI=1S/C12H15F2NO3/c1-12(2,6-16)15(3)10-8(13)4-7(11(17)18)5-9(10)14/h4-5,16H,6H2,1-3H3,(H,17,18). The highest BCUT2D eigenvalue weighted by atomic mass is 19.1. The van der Waals surface area contributed by atoms with Crippen LogP contribution in [0.4, 0.5) is 14.5 Å². The fourth-order valence-electron chi connectivity index (χ4n) is 1.42. The van der Waals surface area contributed by atoms with Crippen LogP contribution in [0.5, 0.6) is 0 Å². The molecule has 1 rings (SSSR count). The third-order valence-corrected chi connectivity index (χ3v) is 2.89. The molecule has 0 aliphatic heterocycles. The molecule has 1 aromatic rings. The van der Waals surface area contributed by atoms with E-state index in [1.165, 1.54) is 11.9 Å². The lowest BCUT2D eigenvalue weighted by atomic mass is 10.0. The Morgan fingerprint density at radius 3 is 2.11 bits per heavy atom. The summed E-state index contributed by atoms with van der Waals surface area (Å²) < 4.78 is 27.5. The van der Waals surface area contributed by atoms with E-state index in [1.807, 2.05) is 0 Å². The van der Waals surface area contributed by atoms with Gasteiger partial charge in [0.1, 0.15) is 17.3 Å². The summed E-state index contributed by atoms with van der Waals surface area (Å²) in [5.74, 6) is -3.35. The predicted molar refractivity (Wildman–Crippen MR) is 62.9 cm³/mol. The zero-order valence-electron chi connectivity index (χ0n) is 10.4. The number of aliphatic hydroxyl groups is 1. The van der Waals surface area contributed by atoms with Crippen LogP contribution in [0.15, 0.2) is 12.1 Å². The van der Waals surface area contributed by atoms with Crippen LogP contribution in [0.2, 0.25) is 0 Å². The summed E-state index contributed by atoms with van der Waals surface area (Å²) in [6.07, 6.45) is 0. The van der Waals surface area contributed by atoms with Crippen LogP contribution in [0.3, 0.4) is 0 Å². The van der Waals surface area contributed by atoms with Gasteiger partial charge in [0, 0.05) is 7.05 Å². The Bertz CT molecular complexity index is 451. The second kappa shape index (κ2) is 4.89. The molecule has 0 heterocycles. The van der Waals surface area contributed by atoms with Gasteiger partial charge in [0.05, 0.1) is 17.7 Å². The minimum atomic E-state index is -1.40. The summed E-state index contributed by atoms with van der Waals surface area (Å²) in [4.78, 5) is 11.9. The molecule has 2 N–H and O–H groups in total. The van der Waals surface area contributed by atoms with Crippen molar-refractivity contribution in [1.82, 2.24) is 0 Å². The SMILES string of the molecule is CN(c1c(F)cc(C(=O)O)cc1F)C(C)(C)CO. The van der Waals surface area contributed by atoms with Gasteiger partial charge in [0.25, 0.3) is 0 Å². The third-order valence-electron chi connectivity index (χ3n) is 2.89. The molecule has 0 saturated heterocycles. The highest BCUT2D eigenvalue weighted by Crippen LogP contribution is 2.29. The molecule has 0 atom stereocenters. The molecule has 0 bridgehead atoms. The highest BCUT2D eigenvalue weighted by Gasteiger charge is 2.28. The number of likely N-dealkylation sites (N-methyl/N-ethyl adjacent to an activating group) is 1. The molecule has 0 saturated carbocycles. The zero-order chi connectivity index (χ0) is 14.1. The largest absolute Gasteiger partial charge is 0.478 e. The number of aromatic carboxylic acids is 1. The van der Waals surface area contributed by atoms with Gasteiger partial charge >= 0.3 is 5.97 Å². The topological polar surface area (TPSA) is 60.8 Å². The van der Waals surface area contributed by atoms with Crippen LogP contribution in [-0.4, -0.2) is 35.4 Å². The van der Waals surface area contributed by atoms with Crippen molar-refractivity contribution in [3.63, 3.8) is 0 Å². The Labute approximate surface area is 103 Å². The van der Waals surface area contributed by atoms with E-state index in [0.29, 0.717) is 0 Å². The number of nitrogens with zero attached hydrogens (tertiary/aromatic N) is 1. The fraction of sp³-hybridized carbons (Fsp3) is 0.417. The maximum Gasteiger partial charge on any atom is 0.335 e. The number of aliphatic hydroxyl groups excluding tert-OH is 1.